The van der Waals surface area contributed by atoms with E-state index in [0.29, 0.717) is 30.8 Å². The van der Waals surface area contributed by atoms with E-state index in [0.717, 1.165) is 5.56 Å². The standard InChI is InChI=1S/C14H17N3O4S/c1-10-8-12(17-21-10)9-16-14(18)7-4-11-2-5-13(6-3-11)22(15,19)20/h2-3,5-6,8H,4,7,9H2,1H3,(H,16,18)(H2,15,19,20). The lowest BCUT2D eigenvalue weighted by atomic mass is 10.1. The topological polar surface area (TPSA) is 115 Å². The Morgan fingerprint density at radius 1 is 1.32 bits per heavy atom. The smallest absolute Gasteiger partial charge is 0.238 e. The molecule has 8 heteroatoms. The van der Waals surface area contributed by atoms with Gasteiger partial charge in [-0.2, -0.15) is 0 Å². The number of aromatic nitrogens is 1. The molecule has 0 aliphatic rings. The summed E-state index contributed by atoms with van der Waals surface area (Å²) in [5.41, 5.74) is 1.53. The van der Waals surface area contributed by atoms with Crippen molar-refractivity contribution in [3.8, 4) is 0 Å². The van der Waals surface area contributed by atoms with Gasteiger partial charge in [0.1, 0.15) is 11.5 Å². The van der Waals surface area contributed by atoms with Crippen LogP contribution in [-0.2, 0) is 27.8 Å². The Hall–Kier alpha value is -2.19. The predicted molar refractivity (Wildman–Crippen MR) is 79.2 cm³/mol. The summed E-state index contributed by atoms with van der Waals surface area (Å²) in [6.07, 6.45) is 0.806. The van der Waals surface area contributed by atoms with Gasteiger partial charge in [-0.15, -0.1) is 0 Å². The number of nitrogens with one attached hydrogen (secondary N) is 1. The SMILES string of the molecule is Cc1cc(CNC(=O)CCc2ccc(S(N)(=O)=O)cc2)no1. The lowest BCUT2D eigenvalue weighted by Gasteiger charge is -2.04. The molecule has 0 unspecified atom stereocenters. The van der Waals surface area contributed by atoms with Crippen LogP contribution in [0.2, 0.25) is 0 Å². The van der Waals surface area contributed by atoms with Gasteiger partial charge in [0.05, 0.1) is 11.4 Å². The van der Waals surface area contributed by atoms with E-state index >= 15 is 0 Å². The Kier molecular flexibility index (Phi) is 4.94. The zero-order valence-corrected chi connectivity index (χ0v) is 12.9. The monoisotopic (exact) mass is 323 g/mol. The summed E-state index contributed by atoms with van der Waals surface area (Å²) < 4.78 is 27.2. The molecule has 1 amide bonds. The van der Waals surface area contributed by atoms with Gasteiger partial charge in [0.15, 0.2) is 0 Å². The van der Waals surface area contributed by atoms with Crippen LogP contribution < -0.4 is 10.5 Å². The Morgan fingerprint density at radius 3 is 2.55 bits per heavy atom. The molecule has 0 saturated carbocycles. The molecular weight excluding hydrogens is 306 g/mol. The maximum Gasteiger partial charge on any atom is 0.238 e. The van der Waals surface area contributed by atoms with Gasteiger partial charge >= 0.3 is 0 Å². The maximum atomic E-state index is 11.7. The number of primary sulfonamides is 1. The minimum Gasteiger partial charge on any atom is -0.361 e. The van der Waals surface area contributed by atoms with Crippen molar-refractivity contribution < 1.29 is 17.7 Å². The number of sulfonamides is 1. The highest BCUT2D eigenvalue weighted by atomic mass is 32.2. The number of hydrogen-bond donors (Lipinski definition) is 2. The third-order valence-corrected chi connectivity index (χ3v) is 3.97. The summed E-state index contributed by atoms with van der Waals surface area (Å²) in [5.74, 6) is 0.579. The number of nitrogens with zero attached hydrogens (tertiary/aromatic N) is 1. The molecule has 0 fully saturated rings. The molecule has 0 spiro atoms. The molecule has 1 aromatic carbocycles. The Balaban J connectivity index is 1.81. The van der Waals surface area contributed by atoms with Crippen LogP contribution in [0, 0.1) is 6.92 Å². The summed E-state index contributed by atoms with van der Waals surface area (Å²) in [7, 11) is -3.68. The number of carbonyl (C=O) groups excluding carboxylic acids is 1. The van der Waals surface area contributed by atoms with Crippen LogP contribution in [0.5, 0.6) is 0 Å². The molecule has 2 aromatic rings. The highest BCUT2D eigenvalue weighted by Gasteiger charge is 2.08. The average molecular weight is 323 g/mol. The van der Waals surface area contributed by atoms with E-state index in [1.165, 1.54) is 12.1 Å². The number of amides is 1. The van der Waals surface area contributed by atoms with Gasteiger partial charge in [0.25, 0.3) is 0 Å². The summed E-state index contributed by atoms with van der Waals surface area (Å²) in [6.45, 7) is 2.10. The number of carbonyl (C=O) groups is 1. The molecule has 0 radical (unpaired) electrons. The van der Waals surface area contributed by atoms with Crippen LogP contribution in [0.15, 0.2) is 39.8 Å². The van der Waals surface area contributed by atoms with Crippen molar-refractivity contribution >= 4 is 15.9 Å². The molecular formula is C14H17N3O4S. The number of hydrogen-bond acceptors (Lipinski definition) is 5. The van der Waals surface area contributed by atoms with Crippen molar-refractivity contribution in [2.45, 2.75) is 31.2 Å². The molecule has 3 N–H and O–H groups in total. The molecule has 0 saturated heterocycles. The second-order valence-corrected chi connectivity index (χ2v) is 6.46. The summed E-state index contributed by atoms with van der Waals surface area (Å²) >= 11 is 0. The van der Waals surface area contributed by atoms with E-state index in [2.05, 4.69) is 10.5 Å². The zero-order valence-electron chi connectivity index (χ0n) is 12.1. The molecule has 118 valence electrons. The largest absolute Gasteiger partial charge is 0.361 e. The number of nitrogens with two attached hydrogens (primary N) is 1. The zero-order chi connectivity index (χ0) is 16.2. The first-order valence-electron chi connectivity index (χ1n) is 6.65. The van der Waals surface area contributed by atoms with Crippen molar-refractivity contribution in [2.75, 3.05) is 0 Å². The fourth-order valence-corrected chi connectivity index (χ4v) is 2.40. The van der Waals surface area contributed by atoms with Crippen LogP contribution in [0.3, 0.4) is 0 Å². The number of rotatable bonds is 6. The van der Waals surface area contributed by atoms with Gasteiger partial charge in [-0.3, -0.25) is 4.79 Å². The van der Waals surface area contributed by atoms with Gasteiger partial charge in [-0.25, -0.2) is 13.6 Å². The Bertz CT molecular complexity index is 751. The highest BCUT2D eigenvalue weighted by molar-refractivity contribution is 7.89. The van der Waals surface area contributed by atoms with Crippen LogP contribution in [0.1, 0.15) is 23.4 Å². The van der Waals surface area contributed by atoms with Crippen molar-refractivity contribution in [1.82, 2.24) is 10.5 Å². The molecule has 22 heavy (non-hydrogen) atoms. The van der Waals surface area contributed by atoms with Gasteiger partial charge < -0.3 is 9.84 Å². The van der Waals surface area contributed by atoms with E-state index in [-0.39, 0.29) is 10.8 Å². The molecule has 1 heterocycles. The molecule has 0 aliphatic heterocycles. The number of benzene rings is 1. The lowest BCUT2D eigenvalue weighted by molar-refractivity contribution is -0.121. The predicted octanol–water partition coefficient (Wildman–Crippen LogP) is 0.879. The third kappa shape index (κ3) is 4.68. The molecule has 0 aliphatic carbocycles. The molecule has 0 atom stereocenters. The Morgan fingerprint density at radius 2 is 2.00 bits per heavy atom. The quantitative estimate of drug-likeness (QED) is 0.818. The van der Waals surface area contributed by atoms with Gasteiger partial charge in [0, 0.05) is 12.5 Å². The van der Waals surface area contributed by atoms with Crippen molar-refractivity contribution in [3.63, 3.8) is 0 Å². The average Bonchev–Trinajstić information content (AvgIpc) is 2.88. The summed E-state index contributed by atoms with van der Waals surface area (Å²) in [6, 6.07) is 7.91. The van der Waals surface area contributed by atoms with Crippen molar-refractivity contribution in [3.05, 3.63) is 47.3 Å². The highest BCUT2D eigenvalue weighted by Crippen LogP contribution is 2.10. The lowest BCUT2D eigenvalue weighted by Crippen LogP contribution is -2.23. The minimum absolute atomic E-state index is 0.0575. The van der Waals surface area contributed by atoms with Gasteiger partial charge in [-0.05, 0) is 31.0 Å². The van der Waals surface area contributed by atoms with Crippen LogP contribution in [0.4, 0.5) is 0 Å². The van der Waals surface area contributed by atoms with E-state index in [1.54, 1.807) is 25.1 Å². The minimum atomic E-state index is -3.68. The number of aryl methyl sites for hydroxylation is 2. The van der Waals surface area contributed by atoms with Crippen molar-refractivity contribution in [2.24, 2.45) is 5.14 Å². The first kappa shape index (κ1) is 16.2. The molecule has 0 bridgehead atoms. The molecule has 7 nitrogen and oxygen atoms in total. The maximum absolute atomic E-state index is 11.7. The van der Waals surface area contributed by atoms with E-state index in [1.807, 2.05) is 0 Å². The summed E-state index contributed by atoms with van der Waals surface area (Å²) in [4.78, 5) is 11.8. The first-order chi connectivity index (χ1) is 10.3. The van der Waals surface area contributed by atoms with E-state index in [9.17, 15) is 13.2 Å². The van der Waals surface area contributed by atoms with E-state index in [4.69, 9.17) is 9.66 Å². The normalized spacial score (nSPS) is 11.4. The molecule has 2 rings (SSSR count). The molecule has 1 aromatic heterocycles. The van der Waals surface area contributed by atoms with Crippen molar-refractivity contribution in [1.29, 1.82) is 0 Å². The Labute approximate surface area is 128 Å². The summed E-state index contributed by atoms with van der Waals surface area (Å²) in [5, 5.41) is 11.5. The first-order valence-corrected chi connectivity index (χ1v) is 8.20. The van der Waals surface area contributed by atoms with Crippen LogP contribution >= 0.6 is 0 Å². The second kappa shape index (κ2) is 6.71. The van der Waals surface area contributed by atoms with Crippen LogP contribution in [0.25, 0.3) is 0 Å². The van der Waals surface area contributed by atoms with Gasteiger partial charge in [-0.1, -0.05) is 17.3 Å². The van der Waals surface area contributed by atoms with Gasteiger partial charge in [0.2, 0.25) is 15.9 Å². The second-order valence-electron chi connectivity index (χ2n) is 4.89. The van der Waals surface area contributed by atoms with Crippen LogP contribution in [-0.4, -0.2) is 19.5 Å². The fraction of sp³-hybridized carbons (Fsp3) is 0.286. The van der Waals surface area contributed by atoms with E-state index < -0.39 is 10.0 Å². The fourth-order valence-electron chi connectivity index (χ4n) is 1.88. The third-order valence-electron chi connectivity index (χ3n) is 3.04.